The molecule has 0 aliphatic carbocycles. The molecule has 0 radical (unpaired) electrons. The fraction of sp³-hybridized carbons (Fsp3) is 0.290. The van der Waals surface area contributed by atoms with Crippen LogP contribution in [0.2, 0.25) is 0 Å². The maximum atomic E-state index is 6.07. The van der Waals surface area contributed by atoms with Crippen molar-refractivity contribution in [3.8, 4) is 16.9 Å². The van der Waals surface area contributed by atoms with Crippen LogP contribution >= 0.6 is 23.1 Å². The molecule has 0 amide bonds. The summed E-state index contributed by atoms with van der Waals surface area (Å²) in [7, 11) is 0. The van der Waals surface area contributed by atoms with E-state index in [-0.39, 0.29) is 0 Å². The first-order chi connectivity index (χ1) is 16.7. The first-order valence-corrected chi connectivity index (χ1v) is 14.2. The van der Waals surface area contributed by atoms with E-state index in [1.807, 2.05) is 23.1 Å². The number of hydrogen-bond donors (Lipinski definition) is 0. The van der Waals surface area contributed by atoms with Crippen molar-refractivity contribution in [2.45, 2.75) is 62.7 Å². The average Bonchev–Trinajstić information content (AvgIpc) is 3.37. The molecule has 3 heteroatoms. The molecule has 0 saturated carbocycles. The Balaban J connectivity index is 1.30. The molecule has 4 rings (SSSR count). The molecular formula is C31H34OS2. The molecular weight excluding hydrogens is 452 g/mol. The Morgan fingerprint density at radius 3 is 2.18 bits per heavy atom. The summed E-state index contributed by atoms with van der Waals surface area (Å²) < 4.78 is 6.07. The largest absolute Gasteiger partial charge is 0.489 e. The average molecular weight is 487 g/mol. The Morgan fingerprint density at radius 1 is 0.794 bits per heavy atom. The van der Waals surface area contributed by atoms with Gasteiger partial charge in [-0.1, -0.05) is 81.3 Å². The summed E-state index contributed by atoms with van der Waals surface area (Å²) in [5.41, 5.74) is 5.19. The van der Waals surface area contributed by atoms with Crippen LogP contribution in [0.1, 0.15) is 61.5 Å². The lowest BCUT2D eigenvalue weighted by Crippen LogP contribution is -1.99. The quantitative estimate of drug-likeness (QED) is 0.184. The van der Waals surface area contributed by atoms with Crippen molar-refractivity contribution < 1.29 is 4.74 Å². The third kappa shape index (κ3) is 7.01. The van der Waals surface area contributed by atoms with Crippen LogP contribution < -0.4 is 4.74 Å². The summed E-state index contributed by atoms with van der Waals surface area (Å²) >= 11 is 3.73. The van der Waals surface area contributed by atoms with Gasteiger partial charge < -0.3 is 4.74 Å². The van der Waals surface area contributed by atoms with E-state index < -0.39 is 0 Å². The maximum Gasteiger partial charge on any atom is 0.119 e. The molecule has 0 aliphatic rings. The van der Waals surface area contributed by atoms with Crippen molar-refractivity contribution in [2.75, 3.05) is 0 Å². The zero-order chi connectivity index (χ0) is 23.6. The van der Waals surface area contributed by atoms with Crippen LogP contribution in [-0.4, -0.2) is 0 Å². The summed E-state index contributed by atoms with van der Waals surface area (Å²) in [6.45, 7) is 5.14. The highest BCUT2D eigenvalue weighted by molar-refractivity contribution is 7.98. The van der Waals surface area contributed by atoms with E-state index >= 15 is 0 Å². The molecule has 4 aromatic rings. The van der Waals surface area contributed by atoms with E-state index in [2.05, 4.69) is 104 Å². The minimum absolute atomic E-state index is 0.593. The molecule has 0 N–H and O–H groups in total. The minimum Gasteiger partial charge on any atom is -0.489 e. The SMILES string of the molecule is CCCC(CCC)c1ccc(OCc2ccc(-c3csc(CSc4ccccc4)c3)cc2)cc1. The Kier molecular flexibility index (Phi) is 9.29. The highest BCUT2D eigenvalue weighted by Crippen LogP contribution is 2.31. The smallest absolute Gasteiger partial charge is 0.119 e. The molecule has 176 valence electrons. The predicted octanol–water partition coefficient (Wildman–Crippen LogP) is 9.97. The van der Waals surface area contributed by atoms with Crippen LogP contribution in [0.15, 0.2) is 95.2 Å². The topological polar surface area (TPSA) is 9.23 Å². The minimum atomic E-state index is 0.593. The molecule has 1 heterocycles. The number of thioether (sulfide) groups is 1. The van der Waals surface area contributed by atoms with E-state index in [0.29, 0.717) is 12.5 Å². The summed E-state index contributed by atoms with van der Waals surface area (Å²) in [5, 5.41) is 2.26. The van der Waals surface area contributed by atoms with Gasteiger partial charge in [-0.25, -0.2) is 0 Å². The van der Waals surface area contributed by atoms with Crippen molar-refractivity contribution in [1.82, 2.24) is 0 Å². The van der Waals surface area contributed by atoms with Gasteiger partial charge in [-0.2, -0.15) is 0 Å². The van der Waals surface area contributed by atoms with Gasteiger partial charge in [0.25, 0.3) is 0 Å². The van der Waals surface area contributed by atoms with Crippen LogP contribution in [0, 0.1) is 0 Å². The number of hydrogen-bond acceptors (Lipinski definition) is 3. The molecule has 1 aromatic heterocycles. The van der Waals surface area contributed by atoms with Crippen molar-refractivity contribution in [1.29, 1.82) is 0 Å². The van der Waals surface area contributed by atoms with Crippen LogP contribution in [0.3, 0.4) is 0 Å². The lowest BCUT2D eigenvalue weighted by molar-refractivity contribution is 0.306. The van der Waals surface area contributed by atoms with Crippen molar-refractivity contribution in [2.24, 2.45) is 0 Å². The third-order valence-electron chi connectivity index (χ3n) is 6.10. The molecule has 0 aliphatic heterocycles. The van der Waals surface area contributed by atoms with Crippen LogP contribution in [-0.2, 0) is 12.4 Å². The number of benzene rings is 3. The van der Waals surface area contributed by atoms with Crippen LogP contribution in [0.5, 0.6) is 5.75 Å². The highest BCUT2D eigenvalue weighted by Gasteiger charge is 2.10. The lowest BCUT2D eigenvalue weighted by atomic mass is 9.90. The molecule has 0 unspecified atom stereocenters. The summed E-state index contributed by atoms with van der Waals surface area (Å²) in [6.07, 6.45) is 4.99. The number of rotatable bonds is 12. The summed E-state index contributed by atoms with van der Waals surface area (Å²) in [5.74, 6) is 2.63. The van der Waals surface area contributed by atoms with Crippen molar-refractivity contribution in [3.05, 3.63) is 106 Å². The maximum absolute atomic E-state index is 6.07. The third-order valence-corrected chi connectivity index (χ3v) is 8.28. The number of thiophene rings is 1. The van der Waals surface area contributed by atoms with E-state index in [1.54, 1.807) is 0 Å². The molecule has 0 bridgehead atoms. The molecule has 0 fully saturated rings. The Morgan fingerprint density at radius 2 is 1.50 bits per heavy atom. The van der Waals surface area contributed by atoms with Crippen molar-refractivity contribution >= 4 is 23.1 Å². The summed E-state index contributed by atoms with van der Waals surface area (Å²) in [4.78, 5) is 2.72. The van der Waals surface area contributed by atoms with E-state index in [9.17, 15) is 0 Å². The zero-order valence-electron chi connectivity index (χ0n) is 20.2. The number of ether oxygens (including phenoxy) is 1. The zero-order valence-corrected chi connectivity index (χ0v) is 21.8. The molecule has 34 heavy (non-hydrogen) atoms. The molecule has 0 spiro atoms. The van der Waals surface area contributed by atoms with Crippen LogP contribution in [0.25, 0.3) is 11.1 Å². The standard InChI is InChI=1S/C31H34OS2/c1-3-8-25(9-4-2)26-16-18-29(19-17-26)32-21-24-12-14-27(15-13-24)28-20-31(33-22-28)23-34-30-10-6-5-7-11-30/h5-7,10-20,22,25H,3-4,8-9,21,23H2,1-2H3. The second-order valence-corrected chi connectivity index (χ2v) is 10.8. The Hall–Kier alpha value is -2.49. The predicted molar refractivity (Wildman–Crippen MR) is 149 cm³/mol. The van der Waals surface area contributed by atoms with Gasteiger partial charge in [0.1, 0.15) is 12.4 Å². The first kappa shape index (κ1) is 24.6. The van der Waals surface area contributed by atoms with Gasteiger partial charge in [0, 0.05) is 15.5 Å². The summed E-state index contributed by atoms with van der Waals surface area (Å²) in [6, 6.07) is 30.4. The van der Waals surface area contributed by atoms with E-state index in [0.717, 1.165) is 11.5 Å². The molecule has 1 nitrogen and oxygen atoms in total. The van der Waals surface area contributed by atoms with E-state index in [1.165, 1.54) is 57.7 Å². The van der Waals surface area contributed by atoms with Gasteiger partial charge in [0.15, 0.2) is 0 Å². The second-order valence-electron chi connectivity index (χ2n) is 8.73. The second kappa shape index (κ2) is 12.8. The van der Waals surface area contributed by atoms with E-state index in [4.69, 9.17) is 4.74 Å². The lowest BCUT2D eigenvalue weighted by Gasteiger charge is -2.16. The Labute approximate surface area is 213 Å². The van der Waals surface area contributed by atoms with Crippen molar-refractivity contribution in [3.63, 3.8) is 0 Å². The monoisotopic (exact) mass is 486 g/mol. The van der Waals surface area contributed by atoms with Gasteiger partial charge >= 0.3 is 0 Å². The van der Waals surface area contributed by atoms with Gasteiger partial charge in [-0.05, 0) is 76.7 Å². The van der Waals surface area contributed by atoms with Gasteiger partial charge in [-0.3, -0.25) is 0 Å². The fourth-order valence-corrected chi connectivity index (χ4v) is 6.12. The Bertz CT molecular complexity index is 1110. The van der Waals surface area contributed by atoms with Crippen LogP contribution in [0.4, 0.5) is 0 Å². The van der Waals surface area contributed by atoms with Gasteiger partial charge in [0.2, 0.25) is 0 Å². The van der Waals surface area contributed by atoms with Gasteiger partial charge in [-0.15, -0.1) is 23.1 Å². The first-order valence-electron chi connectivity index (χ1n) is 12.3. The molecule has 3 aromatic carbocycles. The molecule has 0 atom stereocenters. The molecule has 0 saturated heterocycles. The van der Waals surface area contributed by atoms with Gasteiger partial charge in [0.05, 0.1) is 0 Å². The fourth-order valence-electron chi connectivity index (χ4n) is 4.25. The normalized spacial score (nSPS) is 11.1. The highest BCUT2D eigenvalue weighted by atomic mass is 32.2.